The first-order chi connectivity index (χ1) is 13.5. The van der Waals surface area contributed by atoms with E-state index in [9.17, 15) is 18.4 Å². The van der Waals surface area contributed by atoms with Crippen molar-refractivity contribution in [3.8, 4) is 0 Å². The van der Waals surface area contributed by atoms with Crippen LogP contribution in [0.5, 0.6) is 0 Å². The van der Waals surface area contributed by atoms with Crippen LogP contribution in [0, 0.1) is 11.6 Å². The van der Waals surface area contributed by atoms with Crippen LogP contribution in [0.4, 0.5) is 19.3 Å². The molecule has 0 aliphatic carbocycles. The summed E-state index contributed by atoms with van der Waals surface area (Å²) in [5.74, 6) is -2.22. The van der Waals surface area contributed by atoms with Crippen molar-refractivity contribution in [1.82, 2.24) is 15.1 Å². The van der Waals surface area contributed by atoms with E-state index >= 15 is 0 Å². The van der Waals surface area contributed by atoms with Crippen LogP contribution in [-0.4, -0.2) is 80.8 Å². The van der Waals surface area contributed by atoms with Crippen molar-refractivity contribution in [2.75, 3.05) is 58.3 Å². The first-order valence-corrected chi connectivity index (χ1v) is 9.63. The Morgan fingerprint density at radius 1 is 1.10 bits per heavy atom. The van der Waals surface area contributed by atoms with Gasteiger partial charge in [0, 0.05) is 45.3 Å². The smallest absolute Gasteiger partial charge is 0.410 e. The average molecular weight is 412 g/mol. The van der Waals surface area contributed by atoms with Crippen molar-refractivity contribution < 1.29 is 23.1 Å². The number of halogens is 2. The number of piperazine rings is 1. The molecule has 7 nitrogen and oxygen atoms in total. The topological polar surface area (TPSA) is 65.1 Å². The maximum Gasteiger partial charge on any atom is 0.410 e. The van der Waals surface area contributed by atoms with E-state index in [1.807, 2.05) is 19.0 Å². The van der Waals surface area contributed by atoms with Crippen molar-refractivity contribution in [3.63, 3.8) is 0 Å². The Labute approximate surface area is 170 Å². The number of nitrogens with zero attached hydrogens (tertiary/aromatic N) is 3. The first kappa shape index (κ1) is 22.9. The highest BCUT2D eigenvalue weighted by atomic mass is 19.1. The van der Waals surface area contributed by atoms with Gasteiger partial charge in [-0.1, -0.05) is 0 Å². The minimum Gasteiger partial charge on any atom is -0.444 e. The van der Waals surface area contributed by atoms with Crippen LogP contribution in [0.1, 0.15) is 31.1 Å². The molecule has 0 bridgehead atoms. The molecule has 2 rings (SSSR count). The number of carbonyl (C=O) groups is 2. The Morgan fingerprint density at radius 3 is 2.28 bits per heavy atom. The first-order valence-electron chi connectivity index (χ1n) is 9.63. The number of carbonyl (C=O) groups excluding carboxylic acids is 2. The number of likely N-dealkylation sites (N-methyl/N-ethyl adjacent to an activating group) is 1. The Bertz CT molecular complexity index is 742. The van der Waals surface area contributed by atoms with E-state index in [1.54, 1.807) is 30.6 Å². The molecule has 9 heteroatoms. The van der Waals surface area contributed by atoms with Gasteiger partial charge in [0.1, 0.15) is 17.2 Å². The lowest BCUT2D eigenvalue weighted by molar-refractivity contribution is 0.0240. The zero-order valence-corrected chi connectivity index (χ0v) is 17.7. The molecule has 0 saturated carbocycles. The lowest BCUT2D eigenvalue weighted by Gasteiger charge is -2.37. The second kappa shape index (κ2) is 9.39. The van der Waals surface area contributed by atoms with Crippen LogP contribution in [0.15, 0.2) is 12.1 Å². The van der Waals surface area contributed by atoms with Crippen LogP contribution >= 0.6 is 0 Å². The molecule has 162 valence electrons. The molecule has 0 spiro atoms. The number of hydrogen-bond acceptors (Lipinski definition) is 5. The molecule has 0 atom stereocenters. The van der Waals surface area contributed by atoms with Crippen molar-refractivity contribution in [1.29, 1.82) is 0 Å². The summed E-state index contributed by atoms with van der Waals surface area (Å²) in [5.41, 5.74) is -0.644. The molecule has 1 aromatic rings. The zero-order valence-electron chi connectivity index (χ0n) is 17.7. The van der Waals surface area contributed by atoms with Gasteiger partial charge in [-0.2, -0.15) is 0 Å². The van der Waals surface area contributed by atoms with Crippen molar-refractivity contribution >= 4 is 17.7 Å². The molecule has 1 aliphatic heterocycles. The van der Waals surface area contributed by atoms with Gasteiger partial charge in [-0.05, 0) is 40.9 Å². The molecule has 1 fully saturated rings. The van der Waals surface area contributed by atoms with Gasteiger partial charge >= 0.3 is 6.09 Å². The fraction of sp³-hybridized carbons (Fsp3) is 0.600. The molecule has 1 heterocycles. The molecular formula is C20H30F2N4O3. The third-order valence-corrected chi connectivity index (χ3v) is 4.40. The van der Waals surface area contributed by atoms with Crippen LogP contribution < -0.4 is 10.2 Å². The number of benzene rings is 1. The third kappa shape index (κ3) is 6.56. The van der Waals surface area contributed by atoms with E-state index in [-0.39, 0.29) is 11.3 Å². The largest absolute Gasteiger partial charge is 0.444 e. The van der Waals surface area contributed by atoms with E-state index in [1.165, 1.54) is 6.07 Å². The van der Waals surface area contributed by atoms with Gasteiger partial charge in [0.15, 0.2) is 0 Å². The predicted octanol–water partition coefficient (Wildman–Crippen LogP) is 2.31. The van der Waals surface area contributed by atoms with Gasteiger partial charge < -0.3 is 24.8 Å². The maximum absolute atomic E-state index is 14.4. The Hall–Kier alpha value is -2.42. The summed E-state index contributed by atoms with van der Waals surface area (Å²) in [4.78, 5) is 29.6. The summed E-state index contributed by atoms with van der Waals surface area (Å²) in [6.45, 7) is 7.72. The van der Waals surface area contributed by atoms with Gasteiger partial charge in [-0.15, -0.1) is 0 Å². The quantitative estimate of drug-likeness (QED) is 0.804. The summed E-state index contributed by atoms with van der Waals surface area (Å²) in [6.07, 6.45) is -0.419. The van der Waals surface area contributed by atoms with E-state index in [4.69, 9.17) is 4.74 Å². The third-order valence-electron chi connectivity index (χ3n) is 4.40. The molecule has 0 unspecified atom stereocenters. The number of rotatable bonds is 5. The van der Waals surface area contributed by atoms with Gasteiger partial charge in [-0.3, -0.25) is 4.79 Å². The monoisotopic (exact) mass is 412 g/mol. The van der Waals surface area contributed by atoms with Gasteiger partial charge in [0.2, 0.25) is 0 Å². The Kier molecular flexibility index (Phi) is 7.40. The second-order valence-corrected chi connectivity index (χ2v) is 8.30. The maximum atomic E-state index is 14.4. The van der Waals surface area contributed by atoms with E-state index < -0.39 is 29.2 Å². The molecule has 29 heavy (non-hydrogen) atoms. The fourth-order valence-corrected chi connectivity index (χ4v) is 2.90. The summed E-state index contributed by atoms with van der Waals surface area (Å²) in [7, 11) is 3.72. The van der Waals surface area contributed by atoms with Crippen molar-refractivity contribution in [2.24, 2.45) is 0 Å². The number of anilines is 1. The Morgan fingerprint density at radius 2 is 1.72 bits per heavy atom. The van der Waals surface area contributed by atoms with Crippen LogP contribution in [0.3, 0.4) is 0 Å². The number of nitrogens with one attached hydrogen (secondary N) is 1. The lowest BCUT2D eigenvalue weighted by Crippen LogP contribution is -2.50. The molecule has 0 aromatic heterocycles. The highest BCUT2D eigenvalue weighted by Crippen LogP contribution is 2.25. The minimum atomic E-state index is -0.902. The molecule has 1 aliphatic rings. The summed E-state index contributed by atoms with van der Waals surface area (Å²) >= 11 is 0. The van der Waals surface area contributed by atoms with Gasteiger partial charge in [-0.25, -0.2) is 13.6 Å². The number of hydrogen-bond donors (Lipinski definition) is 1. The number of amides is 2. The number of ether oxygens (including phenoxy) is 1. The van der Waals surface area contributed by atoms with Crippen LogP contribution in [0.2, 0.25) is 0 Å². The summed E-state index contributed by atoms with van der Waals surface area (Å²) < 4.78 is 33.9. The highest BCUT2D eigenvalue weighted by molar-refractivity contribution is 5.95. The lowest BCUT2D eigenvalue weighted by atomic mass is 10.1. The summed E-state index contributed by atoms with van der Waals surface area (Å²) in [5, 5.41) is 2.63. The van der Waals surface area contributed by atoms with Crippen LogP contribution in [-0.2, 0) is 4.74 Å². The van der Waals surface area contributed by atoms with Gasteiger partial charge in [0.05, 0.1) is 11.3 Å². The average Bonchev–Trinajstić information content (AvgIpc) is 2.60. The van der Waals surface area contributed by atoms with E-state index in [2.05, 4.69) is 5.32 Å². The zero-order chi connectivity index (χ0) is 21.8. The molecule has 1 aromatic carbocycles. The fourth-order valence-electron chi connectivity index (χ4n) is 2.90. The summed E-state index contributed by atoms with van der Waals surface area (Å²) in [6, 6.07) is 1.97. The molecule has 0 radical (unpaired) electrons. The van der Waals surface area contributed by atoms with Gasteiger partial charge in [0.25, 0.3) is 5.91 Å². The normalized spacial score (nSPS) is 14.9. The molecule has 1 N–H and O–H groups in total. The Balaban J connectivity index is 2.06. The SMILES string of the molecule is CN(C)CCNC(=O)c1cc(N2CCN(C(=O)OC(C)(C)C)CC2)c(F)cc1F. The van der Waals surface area contributed by atoms with E-state index in [0.717, 1.165) is 6.07 Å². The minimum absolute atomic E-state index is 0.146. The molecule has 2 amide bonds. The molecule has 1 saturated heterocycles. The predicted molar refractivity (Wildman–Crippen MR) is 107 cm³/mol. The van der Waals surface area contributed by atoms with Crippen molar-refractivity contribution in [2.45, 2.75) is 26.4 Å². The van der Waals surface area contributed by atoms with E-state index in [0.29, 0.717) is 39.3 Å². The molecular weight excluding hydrogens is 382 g/mol. The highest BCUT2D eigenvalue weighted by Gasteiger charge is 2.28. The second-order valence-electron chi connectivity index (χ2n) is 8.30. The van der Waals surface area contributed by atoms with Crippen LogP contribution in [0.25, 0.3) is 0 Å². The van der Waals surface area contributed by atoms with Crippen molar-refractivity contribution in [3.05, 3.63) is 29.3 Å². The standard InChI is InChI=1S/C20H30F2N4O3/c1-20(2,3)29-19(28)26-10-8-25(9-11-26)17-12-14(15(21)13-16(17)22)18(27)23-6-7-24(4)5/h12-13H,6-11H2,1-5H3,(H,23,27).